The van der Waals surface area contributed by atoms with Gasteiger partial charge in [-0.3, -0.25) is 9.69 Å². The van der Waals surface area contributed by atoms with E-state index in [1.165, 1.54) is 47.3 Å². The quantitative estimate of drug-likeness (QED) is 0.300. The van der Waals surface area contributed by atoms with Crippen LogP contribution in [0.3, 0.4) is 0 Å². The molecular formula is C24H20FN3O4S. The summed E-state index contributed by atoms with van der Waals surface area (Å²) in [6.45, 7) is 2.44. The molecule has 0 bridgehead atoms. The molecule has 0 radical (unpaired) electrons. The number of thioether (sulfide) groups is 1. The first-order valence-corrected chi connectivity index (χ1v) is 10.9. The minimum atomic E-state index is -0.347. The summed E-state index contributed by atoms with van der Waals surface area (Å²) in [5.41, 5.74) is 1.37. The van der Waals surface area contributed by atoms with E-state index in [0.717, 1.165) is 0 Å². The zero-order valence-corrected chi connectivity index (χ0v) is 18.5. The molecule has 1 aliphatic rings. The van der Waals surface area contributed by atoms with Gasteiger partial charge in [-0.15, -0.1) is 5.10 Å². The van der Waals surface area contributed by atoms with Gasteiger partial charge in [0.15, 0.2) is 16.7 Å². The van der Waals surface area contributed by atoms with E-state index in [0.29, 0.717) is 39.3 Å². The minimum absolute atomic E-state index is 0.0393. The van der Waals surface area contributed by atoms with Gasteiger partial charge >= 0.3 is 0 Å². The molecule has 3 aromatic rings. The Morgan fingerprint density at radius 1 is 1.18 bits per heavy atom. The maximum atomic E-state index is 13.2. The number of aromatic hydroxyl groups is 1. The molecular weight excluding hydrogens is 445 g/mol. The molecule has 4 rings (SSSR count). The van der Waals surface area contributed by atoms with E-state index in [2.05, 4.69) is 10.2 Å². The summed E-state index contributed by atoms with van der Waals surface area (Å²) in [6, 6.07) is 14.2. The van der Waals surface area contributed by atoms with Gasteiger partial charge in [0.1, 0.15) is 11.6 Å². The average Bonchev–Trinajstić information content (AvgIpc) is 3.42. The molecule has 7 nitrogen and oxygen atoms in total. The Morgan fingerprint density at radius 2 is 1.97 bits per heavy atom. The summed E-state index contributed by atoms with van der Waals surface area (Å²) in [7, 11) is 0. The second kappa shape index (κ2) is 10.2. The molecule has 1 fully saturated rings. The second-order valence-corrected chi connectivity index (χ2v) is 7.93. The summed E-state index contributed by atoms with van der Waals surface area (Å²) < 4.78 is 24.0. The van der Waals surface area contributed by atoms with Crippen LogP contribution in [-0.4, -0.2) is 33.9 Å². The largest absolute Gasteiger partial charge is 0.504 e. The van der Waals surface area contributed by atoms with Crippen molar-refractivity contribution < 1.29 is 23.4 Å². The number of carbonyl (C=O) groups is 1. The molecule has 1 amide bonds. The topological polar surface area (TPSA) is 87.6 Å². The maximum absolute atomic E-state index is 13.2. The third kappa shape index (κ3) is 5.50. The van der Waals surface area contributed by atoms with E-state index in [1.54, 1.807) is 42.5 Å². The van der Waals surface area contributed by atoms with Crippen molar-refractivity contribution in [2.24, 2.45) is 10.2 Å². The zero-order chi connectivity index (χ0) is 23.2. The average molecular weight is 466 g/mol. The maximum Gasteiger partial charge on any atom is 0.267 e. The van der Waals surface area contributed by atoms with Gasteiger partial charge in [0.2, 0.25) is 0 Å². The van der Waals surface area contributed by atoms with Crippen molar-refractivity contribution in [2.75, 3.05) is 6.61 Å². The number of phenols is 1. The van der Waals surface area contributed by atoms with Gasteiger partial charge in [-0.05, 0) is 78.4 Å². The van der Waals surface area contributed by atoms with Crippen LogP contribution in [0.5, 0.6) is 11.5 Å². The van der Waals surface area contributed by atoms with E-state index in [-0.39, 0.29) is 24.0 Å². The molecule has 2 aromatic carbocycles. The normalized spacial score (nSPS) is 16.4. The van der Waals surface area contributed by atoms with Crippen LogP contribution in [-0.2, 0) is 11.3 Å². The molecule has 0 aliphatic carbocycles. The lowest BCUT2D eigenvalue weighted by atomic mass is 10.2. The lowest BCUT2D eigenvalue weighted by molar-refractivity contribution is -0.122. The SMILES string of the molecule is CCOc1cc(/C=N\N=C2\S/C(=C\c3ccc(F)cc3)C(=O)N2Cc2ccco2)ccc1O. The van der Waals surface area contributed by atoms with Crippen LogP contribution in [0.1, 0.15) is 23.8 Å². The van der Waals surface area contributed by atoms with Gasteiger partial charge in [-0.25, -0.2) is 4.39 Å². The summed E-state index contributed by atoms with van der Waals surface area (Å²) >= 11 is 1.17. The Bertz CT molecular complexity index is 1220. The summed E-state index contributed by atoms with van der Waals surface area (Å²) in [4.78, 5) is 15.0. The van der Waals surface area contributed by atoms with Gasteiger partial charge in [0.05, 0.1) is 30.5 Å². The standard InChI is InChI=1S/C24H20FN3O4S/c1-2-31-21-12-17(7-10-20(21)29)14-26-27-24-28(15-19-4-3-11-32-19)23(30)22(33-24)13-16-5-8-18(25)9-6-16/h3-14,29H,2,15H2,1H3/b22-13-,26-14-,27-24+. The number of halogens is 1. The first-order chi connectivity index (χ1) is 16.0. The van der Waals surface area contributed by atoms with Gasteiger partial charge in [-0.2, -0.15) is 5.10 Å². The molecule has 1 saturated heterocycles. The Hall–Kier alpha value is -3.85. The van der Waals surface area contributed by atoms with Crippen molar-refractivity contribution in [1.82, 2.24) is 4.90 Å². The number of amides is 1. The minimum Gasteiger partial charge on any atom is -0.504 e. The molecule has 0 atom stereocenters. The summed E-state index contributed by atoms with van der Waals surface area (Å²) in [5, 5.41) is 18.6. The molecule has 9 heteroatoms. The van der Waals surface area contributed by atoms with Crippen LogP contribution in [0, 0.1) is 5.82 Å². The van der Waals surface area contributed by atoms with Crippen molar-refractivity contribution >= 4 is 35.1 Å². The van der Waals surface area contributed by atoms with E-state index in [9.17, 15) is 14.3 Å². The van der Waals surface area contributed by atoms with Crippen molar-refractivity contribution in [3.8, 4) is 11.5 Å². The highest BCUT2D eigenvalue weighted by Gasteiger charge is 2.34. The molecule has 0 unspecified atom stereocenters. The summed E-state index contributed by atoms with van der Waals surface area (Å²) in [6.07, 6.45) is 4.73. The summed E-state index contributed by atoms with van der Waals surface area (Å²) in [5.74, 6) is 0.391. The van der Waals surface area contributed by atoms with E-state index in [4.69, 9.17) is 9.15 Å². The molecule has 168 valence electrons. The number of ether oxygens (including phenoxy) is 1. The number of phenolic OH excluding ortho intramolecular Hbond substituents is 1. The first-order valence-electron chi connectivity index (χ1n) is 10.1. The van der Waals surface area contributed by atoms with Crippen molar-refractivity contribution in [3.05, 3.63) is 88.5 Å². The lowest BCUT2D eigenvalue weighted by Gasteiger charge is -2.12. The van der Waals surface area contributed by atoms with E-state index >= 15 is 0 Å². The van der Waals surface area contributed by atoms with Crippen LogP contribution >= 0.6 is 11.8 Å². The highest BCUT2D eigenvalue weighted by molar-refractivity contribution is 8.18. The first kappa shape index (κ1) is 22.3. The number of benzene rings is 2. The molecule has 1 aromatic heterocycles. The second-order valence-electron chi connectivity index (χ2n) is 6.92. The van der Waals surface area contributed by atoms with Crippen LogP contribution in [0.15, 0.2) is 80.4 Å². The molecule has 33 heavy (non-hydrogen) atoms. The highest BCUT2D eigenvalue weighted by atomic mass is 32.2. The van der Waals surface area contributed by atoms with Crippen molar-refractivity contribution in [2.45, 2.75) is 13.5 Å². The zero-order valence-electron chi connectivity index (χ0n) is 17.6. The number of hydrogen-bond acceptors (Lipinski definition) is 7. The number of rotatable bonds is 7. The van der Waals surface area contributed by atoms with E-state index in [1.807, 2.05) is 6.92 Å². The number of furan rings is 1. The van der Waals surface area contributed by atoms with Crippen LogP contribution < -0.4 is 4.74 Å². The number of nitrogens with zero attached hydrogens (tertiary/aromatic N) is 3. The molecule has 0 saturated carbocycles. The van der Waals surface area contributed by atoms with Crippen LogP contribution in [0.2, 0.25) is 0 Å². The van der Waals surface area contributed by atoms with Gasteiger partial charge < -0.3 is 14.3 Å². The Balaban J connectivity index is 1.60. The van der Waals surface area contributed by atoms with Gasteiger partial charge in [-0.1, -0.05) is 12.1 Å². The van der Waals surface area contributed by atoms with Gasteiger partial charge in [0, 0.05) is 0 Å². The molecule has 0 spiro atoms. The molecule has 2 heterocycles. The van der Waals surface area contributed by atoms with Crippen molar-refractivity contribution in [3.63, 3.8) is 0 Å². The monoisotopic (exact) mass is 465 g/mol. The van der Waals surface area contributed by atoms with Crippen molar-refractivity contribution in [1.29, 1.82) is 0 Å². The Labute approximate surface area is 193 Å². The third-order valence-corrected chi connectivity index (χ3v) is 5.58. The Kier molecular flexibility index (Phi) is 6.89. The van der Waals surface area contributed by atoms with Crippen LogP contribution in [0.4, 0.5) is 4.39 Å². The fraction of sp³-hybridized carbons (Fsp3) is 0.125. The van der Waals surface area contributed by atoms with Crippen LogP contribution in [0.25, 0.3) is 6.08 Å². The highest BCUT2D eigenvalue weighted by Crippen LogP contribution is 2.34. The predicted molar refractivity (Wildman–Crippen MR) is 126 cm³/mol. The van der Waals surface area contributed by atoms with Gasteiger partial charge in [0.25, 0.3) is 5.91 Å². The number of carbonyl (C=O) groups excluding carboxylic acids is 1. The lowest BCUT2D eigenvalue weighted by Crippen LogP contribution is -2.28. The molecule has 1 aliphatic heterocycles. The fourth-order valence-electron chi connectivity index (χ4n) is 3.02. The molecule has 1 N–H and O–H groups in total. The Morgan fingerprint density at radius 3 is 2.70 bits per heavy atom. The third-order valence-electron chi connectivity index (χ3n) is 4.58. The number of hydrogen-bond donors (Lipinski definition) is 1. The number of amidine groups is 1. The fourth-order valence-corrected chi connectivity index (χ4v) is 3.95. The smallest absolute Gasteiger partial charge is 0.267 e. The predicted octanol–water partition coefficient (Wildman–Crippen LogP) is 5.03. The van der Waals surface area contributed by atoms with E-state index < -0.39 is 0 Å².